The summed E-state index contributed by atoms with van der Waals surface area (Å²) in [7, 11) is 1.91. The normalized spacial score (nSPS) is 10.9. The molecule has 0 aliphatic rings. The summed E-state index contributed by atoms with van der Waals surface area (Å²) in [6.07, 6.45) is 0. The number of carbonyl (C=O) groups is 1. The molecule has 0 saturated heterocycles. The minimum atomic E-state index is -0.940. The lowest BCUT2D eigenvalue weighted by Crippen LogP contribution is -2.17. The summed E-state index contributed by atoms with van der Waals surface area (Å²) in [6.45, 7) is 1.19. The maximum atomic E-state index is 13.3. The lowest BCUT2D eigenvalue weighted by atomic mass is 10.1. The molecule has 2 aromatic carbocycles. The third-order valence-electron chi connectivity index (χ3n) is 3.03. The van der Waals surface area contributed by atoms with Gasteiger partial charge in [0.25, 0.3) is 0 Å². The molecule has 0 fully saturated rings. The predicted octanol–water partition coefficient (Wildman–Crippen LogP) is 3.81. The molecular weight excluding hydrogens is 293 g/mol. The molecule has 0 atom stereocenters. The van der Waals surface area contributed by atoms with Crippen molar-refractivity contribution in [3.63, 3.8) is 0 Å². The molecule has 1 N–H and O–H groups in total. The molecular formula is C16H15ClFNO2. The van der Waals surface area contributed by atoms with Crippen LogP contribution in [0.1, 0.15) is 21.5 Å². The summed E-state index contributed by atoms with van der Waals surface area (Å²) >= 11 is 5.83. The Morgan fingerprint density at radius 3 is 2.33 bits per heavy atom. The van der Waals surface area contributed by atoms with E-state index in [1.165, 1.54) is 12.1 Å². The van der Waals surface area contributed by atoms with Gasteiger partial charge in [-0.25, -0.2) is 9.18 Å². The molecule has 0 heterocycles. The Balaban J connectivity index is 2.00. The van der Waals surface area contributed by atoms with Gasteiger partial charge >= 0.3 is 5.97 Å². The molecule has 0 amide bonds. The number of carboxylic acid groups (broad SMARTS) is 1. The SMILES string of the molecule is CN(Cc1ccc(C(=O)O)cc1)Cc1cc(F)cc(Cl)c1. The lowest BCUT2D eigenvalue weighted by Gasteiger charge is -2.17. The molecule has 0 aliphatic heterocycles. The average molecular weight is 308 g/mol. The van der Waals surface area contributed by atoms with Crippen LogP contribution >= 0.6 is 11.6 Å². The van der Waals surface area contributed by atoms with E-state index < -0.39 is 5.97 Å². The maximum Gasteiger partial charge on any atom is 0.335 e. The van der Waals surface area contributed by atoms with Crippen molar-refractivity contribution in [2.45, 2.75) is 13.1 Å². The van der Waals surface area contributed by atoms with Crippen molar-refractivity contribution in [1.29, 1.82) is 0 Å². The number of nitrogens with zero attached hydrogens (tertiary/aromatic N) is 1. The summed E-state index contributed by atoms with van der Waals surface area (Å²) < 4.78 is 13.3. The first kappa shape index (κ1) is 15.5. The number of benzene rings is 2. The Morgan fingerprint density at radius 2 is 1.76 bits per heavy atom. The van der Waals surface area contributed by atoms with Crippen LogP contribution in [0, 0.1) is 5.82 Å². The Bertz CT molecular complexity index is 623. The van der Waals surface area contributed by atoms with Gasteiger partial charge in [0, 0.05) is 18.1 Å². The van der Waals surface area contributed by atoms with Crippen LogP contribution in [0.15, 0.2) is 42.5 Å². The van der Waals surface area contributed by atoms with E-state index >= 15 is 0 Å². The highest BCUT2D eigenvalue weighted by molar-refractivity contribution is 6.30. The molecule has 0 radical (unpaired) electrons. The molecule has 0 saturated carbocycles. The number of hydrogen-bond donors (Lipinski definition) is 1. The van der Waals surface area contributed by atoms with E-state index in [0.717, 1.165) is 11.1 Å². The van der Waals surface area contributed by atoms with Gasteiger partial charge in [0.15, 0.2) is 0 Å². The van der Waals surface area contributed by atoms with Crippen molar-refractivity contribution in [2.24, 2.45) is 0 Å². The van der Waals surface area contributed by atoms with E-state index in [1.807, 2.05) is 11.9 Å². The van der Waals surface area contributed by atoms with Crippen molar-refractivity contribution in [3.05, 3.63) is 70.0 Å². The maximum absolute atomic E-state index is 13.3. The predicted molar refractivity (Wildman–Crippen MR) is 80.0 cm³/mol. The molecule has 5 heteroatoms. The Kier molecular flexibility index (Phi) is 4.94. The summed E-state index contributed by atoms with van der Waals surface area (Å²) in [6, 6.07) is 11.2. The molecule has 3 nitrogen and oxygen atoms in total. The zero-order valence-electron chi connectivity index (χ0n) is 11.5. The van der Waals surface area contributed by atoms with Crippen molar-refractivity contribution in [2.75, 3.05) is 7.05 Å². The van der Waals surface area contributed by atoms with Crippen LogP contribution in [0.5, 0.6) is 0 Å². The van der Waals surface area contributed by atoms with Gasteiger partial charge < -0.3 is 5.11 Å². The van der Waals surface area contributed by atoms with Crippen LogP contribution in [0.2, 0.25) is 5.02 Å². The van der Waals surface area contributed by atoms with Gasteiger partial charge in [-0.3, -0.25) is 4.90 Å². The molecule has 110 valence electrons. The van der Waals surface area contributed by atoms with Gasteiger partial charge in [-0.2, -0.15) is 0 Å². The van der Waals surface area contributed by atoms with Crippen molar-refractivity contribution in [1.82, 2.24) is 4.90 Å². The van der Waals surface area contributed by atoms with E-state index in [9.17, 15) is 9.18 Å². The van der Waals surface area contributed by atoms with Crippen LogP contribution in [0.25, 0.3) is 0 Å². The van der Waals surface area contributed by atoms with Gasteiger partial charge in [0.1, 0.15) is 5.82 Å². The molecule has 0 aliphatic carbocycles. The van der Waals surface area contributed by atoms with Crippen LogP contribution in [-0.2, 0) is 13.1 Å². The molecule has 0 spiro atoms. The quantitative estimate of drug-likeness (QED) is 0.913. The monoisotopic (exact) mass is 307 g/mol. The van der Waals surface area contributed by atoms with Gasteiger partial charge in [0.05, 0.1) is 5.56 Å². The van der Waals surface area contributed by atoms with E-state index in [-0.39, 0.29) is 11.4 Å². The topological polar surface area (TPSA) is 40.5 Å². The van der Waals surface area contributed by atoms with Crippen LogP contribution in [0.4, 0.5) is 4.39 Å². The van der Waals surface area contributed by atoms with Gasteiger partial charge in [-0.1, -0.05) is 23.7 Å². The van der Waals surface area contributed by atoms with Crippen LogP contribution < -0.4 is 0 Å². The summed E-state index contributed by atoms with van der Waals surface area (Å²) in [5.74, 6) is -1.29. The molecule has 2 rings (SSSR count). The second-order valence-corrected chi connectivity index (χ2v) is 5.39. The highest BCUT2D eigenvalue weighted by Gasteiger charge is 2.06. The summed E-state index contributed by atoms with van der Waals surface area (Å²) in [5.41, 5.74) is 2.05. The van der Waals surface area contributed by atoms with Gasteiger partial charge in [-0.05, 0) is 48.5 Å². The first-order valence-electron chi connectivity index (χ1n) is 6.40. The van der Waals surface area contributed by atoms with Crippen molar-refractivity contribution in [3.8, 4) is 0 Å². The lowest BCUT2D eigenvalue weighted by molar-refractivity contribution is 0.0697. The van der Waals surface area contributed by atoms with Gasteiger partial charge in [0.2, 0.25) is 0 Å². The number of hydrogen-bond acceptors (Lipinski definition) is 2. The summed E-state index contributed by atoms with van der Waals surface area (Å²) in [5, 5.41) is 9.22. The minimum Gasteiger partial charge on any atom is -0.478 e. The third-order valence-corrected chi connectivity index (χ3v) is 3.25. The van der Waals surface area contributed by atoms with Gasteiger partial charge in [-0.15, -0.1) is 0 Å². The number of halogens is 2. The molecule has 2 aromatic rings. The van der Waals surface area contributed by atoms with Crippen LogP contribution in [0.3, 0.4) is 0 Å². The third kappa shape index (κ3) is 4.55. The Hall–Kier alpha value is -1.91. The zero-order valence-corrected chi connectivity index (χ0v) is 12.3. The fraction of sp³-hybridized carbons (Fsp3) is 0.188. The first-order valence-corrected chi connectivity index (χ1v) is 6.77. The second kappa shape index (κ2) is 6.70. The fourth-order valence-electron chi connectivity index (χ4n) is 2.13. The van der Waals surface area contributed by atoms with E-state index in [1.54, 1.807) is 30.3 Å². The number of carboxylic acids is 1. The van der Waals surface area contributed by atoms with Crippen molar-refractivity contribution >= 4 is 17.6 Å². The molecule has 0 aromatic heterocycles. The average Bonchev–Trinajstić information content (AvgIpc) is 2.37. The highest BCUT2D eigenvalue weighted by Crippen LogP contribution is 2.16. The Labute approximate surface area is 127 Å². The zero-order chi connectivity index (χ0) is 15.4. The largest absolute Gasteiger partial charge is 0.478 e. The molecule has 0 bridgehead atoms. The van der Waals surface area contributed by atoms with E-state index in [4.69, 9.17) is 16.7 Å². The molecule has 0 unspecified atom stereocenters. The number of aromatic carboxylic acids is 1. The summed E-state index contributed by atoms with van der Waals surface area (Å²) in [4.78, 5) is 12.8. The number of rotatable bonds is 5. The fourth-order valence-corrected chi connectivity index (χ4v) is 2.38. The Morgan fingerprint density at radius 1 is 1.14 bits per heavy atom. The van der Waals surface area contributed by atoms with Crippen molar-refractivity contribution < 1.29 is 14.3 Å². The smallest absolute Gasteiger partial charge is 0.335 e. The minimum absolute atomic E-state index is 0.262. The van der Waals surface area contributed by atoms with E-state index in [0.29, 0.717) is 18.1 Å². The standard InChI is InChI=1S/C16H15ClFNO2/c1-19(10-12-6-14(17)8-15(18)7-12)9-11-2-4-13(5-3-11)16(20)21/h2-8H,9-10H2,1H3,(H,20,21). The van der Waals surface area contributed by atoms with E-state index in [2.05, 4.69) is 0 Å². The van der Waals surface area contributed by atoms with Crippen LogP contribution in [-0.4, -0.2) is 23.0 Å². The molecule has 21 heavy (non-hydrogen) atoms. The second-order valence-electron chi connectivity index (χ2n) is 4.95. The highest BCUT2D eigenvalue weighted by atomic mass is 35.5. The first-order chi connectivity index (χ1) is 9.94.